The van der Waals surface area contributed by atoms with Crippen molar-refractivity contribution in [1.82, 2.24) is 10.3 Å². The van der Waals surface area contributed by atoms with E-state index in [9.17, 15) is 14.7 Å². The molecule has 5 heteroatoms. The number of carboxylic acids is 1. The first-order valence-electron chi connectivity index (χ1n) is 7.24. The predicted molar refractivity (Wildman–Crippen MR) is 76.3 cm³/mol. The molecule has 1 amide bonds. The van der Waals surface area contributed by atoms with Crippen LogP contribution >= 0.6 is 0 Å². The number of aliphatic carboxylic acids is 1. The van der Waals surface area contributed by atoms with E-state index in [0.29, 0.717) is 6.54 Å². The van der Waals surface area contributed by atoms with Gasteiger partial charge in [0.2, 0.25) is 5.91 Å². The first-order chi connectivity index (χ1) is 10.2. The second-order valence-electron chi connectivity index (χ2n) is 5.73. The van der Waals surface area contributed by atoms with Gasteiger partial charge in [-0.3, -0.25) is 14.6 Å². The topological polar surface area (TPSA) is 79.3 Å². The molecule has 0 aromatic carbocycles. The average molecular weight is 286 g/mol. The van der Waals surface area contributed by atoms with Crippen molar-refractivity contribution >= 4 is 11.9 Å². The Hall–Kier alpha value is -2.17. The van der Waals surface area contributed by atoms with Gasteiger partial charge in [-0.15, -0.1) is 0 Å². The van der Waals surface area contributed by atoms with Crippen molar-refractivity contribution in [1.29, 1.82) is 0 Å². The van der Waals surface area contributed by atoms with E-state index in [1.807, 2.05) is 24.3 Å². The molecule has 1 aromatic heterocycles. The second kappa shape index (κ2) is 5.68. The smallest absolute Gasteiger partial charge is 0.307 e. The summed E-state index contributed by atoms with van der Waals surface area (Å²) in [6, 6.07) is 3.82. The third-order valence-corrected chi connectivity index (χ3v) is 4.51. The van der Waals surface area contributed by atoms with Crippen molar-refractivity contribution in [3.05, 3.63) is 42.2 Å². The fourth-order valence-corrected chi connectivity index (χ4v) is 3.51. The summed E-state index contributed by atoms with van der Waals surface area (Å²) in [7, 11) is 0. The van der Waals surface area contributed by atoms with Gasteiger partial charge in [-0.25, -0.2) is 0 Å². The lowest BCUT2D eigenvalue weighted by Crippen LogP contribution is -2.40. The van der Waals surface area contributed by atoms with Crippen LogP contribution in [0.15, 0.2) is 36.7 Å². The van der Waals surface area contributed by atoms with E-state index in [2.05, 4.69) is 10.3 Å². The molecule has 3 rings (SSSR count). The van der Waals surface area contributed by atoms with E-state index in [4.69, 9.17) is 0 Å². The van der Waals surface area contributed by atoms with Gasteiger partial charge in [-0.1, -0.05) is 12.2 Å². The number of pyridine rings is 1. The Morgan fingerprint density at radius 3 is 2.52 bits per heavy atom. The van der Waals surface area contributed by atoms with Crippen LogP contribution in [0, 0.1) is 23.7 Å². The summed E-state index contributed by atoms with van der Waals surface area (Å²) in [5.74, 6) is -1.88. The number of rotatable bonds is 5. The molecule has 0 unspecified atom stereocenters. The van der Waals surface area contributed by atoms with Crippen LogP contribution < -0.4 is 5.32 Å². The van der Waals surface area contributed by atoms with Crippen LogP contribution in [0.25, 0.3) is 0 Å². The first kappa shape index (κ1) is 13.8. The Morgan fingerprint density at radius 2 is 1.86 bits per heavy atom. The van der Waals surface area contributed by atoms with Gasteiger partial charge in [0.15, 0.2) is 0 Å². The number of carbonyl (C=O) groups is 2. The van der Waals surface area contributed by atoms with Gasteiger partial charge in [0, 0.05) is 18.9 Å². The Balaban J connectivity index is 1.58. The molecular formula is C16H18N2O3. The number of aromatic nitrogens is 1. The summed E-state index contributed by atoms with van der Waals surface area (Å²) >= 11 is 0. The number of amides is 1. The highest BCUT2D eigenvalue weighted by molar-refractivity contribution is 5.86. The van der Waals surface area contributed by atoms with Crippen molar-refractivity contribution in [2.75, 3.05) is 6.54 Å². The molecule has 1 aromatic rings. The molecule has 2 bridgehead atoms. The standard InChI is InChI=1S/C16H18N2O3/c19-15(18-8-5-10-3-6-17-7-4-10)13-11-1-2-12(9-11)14(13)16(20)21/h1-4,6-7,11-14H,5,8-9H2,(H,18,19)(H,20,21)/t11-,12+,13-,14-/m0/s1. The second-order valence-corrected chi connectivity index (χ2v) is 5.73. The number of nitrogens with zero attached hydrogens (tertiary/aromatic N) is 1. The molecule has 0 radical (unpaired) electrons. The zero-order valence-electron chi connectivity index (χ0n) is 11.6. The van der Waals surface area contributed by atoms with Crippen molar-refractivity contribution in [2.24, 2.45) is 23.7 Å². The zero-order valence-corrected chi connectivity index (χ0v) is 11.6. The lowest BCUT2D eigenvalue weighted by Gasteiger charge is -2.23. The van der Waals surface area contributed by atoms with Crippen molar-refractivity contribution in [2.45, 2.75) is 12.8 Å². The van der Waals surface area contributed by atoms with E-state index in [1.54, 1.807) is 12.4 Å². The molecule has 2 aliphatic rings. The quantitative estimate of drug-likeness (QED) is 0.799. The molecule has 1 heterocycles. The van der Waals surface area contributed by atoms with Gasteiger partial charge in [0.05, 0.1) is 11.8 Å². The number of allylic oxidation sites excluding steroid dienone is 2. The summed E-state index contributed by atoms with van der Waals surface area (Å²) in [5, 5.41) is 12.2. The van der Waals surface area contributed by atoms with Gasteiger partial charge in [-0.2, -0.15) is 0 Å². The van der Waals surface area contributed by atoms with Crippen molar-refractivity contribution in [3.63, 3.8) is 0 Å². The van der Waals surface area contributed by atoms with Gasteiger partial charge in [0.25, 0.3) is 0 Å². The van der Waals surface area contributed by atoms with Crippen LogP contribution in [-0.2, 0) is 16.0 Å². The maximum absolute atomic E-state index is 12.3. The molecule has 110 valence electrons. The van der Waals surface area contributed by atoms with E-state index >= 15 is 0 Å². The molecular weight excluding hydrogens is 268 g/mol. The predicted octanol–water partition coefficient (Wildman–Crippen LogP) is 1.26. The van der Waals surface area contributed by atoms with Crippen LogP contribution in [0.1, 0.15) is 12.0 Å². The molecule has 1 saturated carbocycles. The van der Waals surface area contributed by atoms with E-state index in [0.717, 1.165) is 18.4 Å². The fourth-order valence-electron chi connectivity index (χ4n) is 3.51. The number of fused-ring (bicyclic) bond motifs is 2. The Labute approximate surface area is 123 Å². The molecule has 2 aliphatic carbocycles. The van der Waals surface area contributed by atoms with Crippen molar-refractivity contribution in [3.8, 4) is 0 Å². The molecule has 0 aliphatic heterocycles. The SMILES string of the molecule is O=C(O)[C@@H]1[C@@H](C(=O)NCCc2ccncc2)[C@H]2C=C[C@@H]1C2. The van der Waals surface area contributed by atoms with Crippen LogP contribution in [0.2, 0.25) is 0 Å². The fraction of sp³-hybridized carbons (Fsp3) is 0.438. The van der Waals surface area contributed by atoms with Crippen LogP contribution in [-0.4, -0.2) is 28.5 Å². The normalized spacial score (nSPS) is 29.5. The van der Waals surface area contributed by atoms with Gasteiger partial charge in [0.1, 0.15) is 0 Å². The number of hydrogen-bond acceptors (Lipinski definition) is 3. The summed E-state index contributed by atoms with van der Waals surface area (Å²) in [5.41, 5.74) is 1.10. The van der Waals surface area contributed by atoms with E-state index in [1.165, 1.54) is 0 Å². The number of carbonyl (C=O) groups excluding carboxylic acids is 1. The number of carboxylic acid groups (broad SMARTS) is 1. The largest absolute Gasteiger partial charge is 0.481 e. The number of hydrogen-bond donors (Lipinski definition) is 2. The maximum atomic E-state index is 12.3. The molecule has 0 spiro atoms. The van der Waals surface area contributed by atoms with Gasteiger partial charge < -0.3 is 10.4 Å². The summed E-state index contributed by atoms with van der Waals surface area (Å²) in [6.45, 7) is 0.521. The lowest BCUT2D eigenvalue weighted by molar-refractivity contribution is -0.147. The molecule has 4 atom stereocenters. The Bertz CT molecular complexity index is 570. The minimum atomic E-state index is -0.860. The van der Waals surface area contributed by atoms with Gasteiger partial charge >= 0.3 is 5.97 Å². The molecule has 1 fully saturated rings. The highest BCUT2D eigenvalue weighted by Gasteiger charge is 2.51. The van der Waals surface area contributed by atoms with Crippen LogP contribution in [0.4, 0.5) is 0 Å². The van der Waals surface area contributed by atoms with Crippen LogP contribution in [0.3, 0.4) is 0 Å². The van der Waals surface area contributed by atoms with E-state index < -0.39 is 17.8 Å². The molecule has 5 nitrogen and oxygen atoms in total. The zero-order chi connectivity index (χ0) is 14.8. The van der Waals surface area contributed by atoms with Crippen LogP contribution in [0.5, 0.6) is 0 Å². The van der Waals surface area contributed by atoms with E-state index in [-0.39, 0.29) is 17.7 Å². The lowest BCUT2D eigenvalue weighted by atomic mass is 9.82. The average Bonchev–Trinajstić information content (AvgIpc) is 3.08. The molecule has 21 heavy (non-hydrogen) atoms. The maximum Gasteiger partial charge on any atom is 0.307 e. The summed E-state index contributed by atoms with van der Waals surface area (Å²) in [4.78, 5) is 27.6. The third kappa shape index (κ3) is 2.68. The first-order valence-corrected chi connectivity index (χ1v) is 7.24. The summed E-state index contributed by atoms with van der Waals surface area (Å²) in [6.07, 6.45) is 8.90. The highest BCUT2D eigenvalue weighted by Crippen LogP contribution is 2.48. The third-order valence-electron chi connectivity index (χ3n) is 4.51. The molecule has 0 saturated heterocycles. The monoisotopic (exact) mass is 286 g/mol. The number of nitrogens with one attached hydrogen (secondary N) is 1. The Morgan fingerprint density at radius 1 is 1.19 bits per heavy atom. The highest BCUT2D eigenvalue weighted by atomic mass is 16.4. The van der Waals surface area contributed by atoms with Gasteiger partial charge in [-0.05, 0) is 42.4 Å². The minimum Gasteiger partial charge on any atom is -0.481 e. The Kier molecular flexibility index (Phi) is 3.73. The van der Waals surface area contributed by atoms with Crippen molar-refractivity contribution < 1.29 is 14.7 Å². The molecule has 2 N–H and O–H groups in total. The summed E-state index contributed by atoms with van der Waals surface area (Å²) < 4.78 is 0. The minimum absolute atomic E-state index is 0.0171.